The Hall–Kier alpha value is -0.190. The molecule has 2 aliphatic rings. The Morgan fingerprint density at radius 2 is 1.95 bits per heavy atom. The lowest BCUT2D eigenvalue weighted by Crippen LogP contribution is -2.40. The highest BCUT2D eigenvalue weighted by Gasteiger charge is 2.29. The third-order valence-corrected chi connectivity index (χ3v) is 6.86. The van der Waals surface area contributed by atoms with E-state index in [9.17, 15) is 4.21 Å². The first-order chi connectivity index (χ1) is 9.33. The molecule has 19 heavy (non-hydrogen) atoms. The van der Waals surface area contributed by atoms with Gasteiger partial charge in [-0.15, -0.1) is 11.3 Å². The van der Waals surface area contributed by atoms with E-state index in [-0.39, 0.29) is 0 Å². The molecule has 106 valence electrons. The van der Waals surface area contributed by atoms with Gasteiger partial charge in [-0.2, -0.15) is 0 Å². The standard InChI is InChI=1S/C15H23NOS2/c17-19-10-7-13(8-11-19)16-15(12-4-1-2-5-12)14-6-3-9-18-14/h3,6,9,12-13,15-16H,1-2,4-5,7-8,10-11H2. The number of hydrogen-bond donors (Lipinski definition) is 1. The molecule has 1 aromatic heterocycles. The highest BCUT2D eigenvalue weighted by molar-refractivity contribution is 7.85. The molecule has 2 heterocycles. The van der Waals surface area contributed by atoms with E-state index in [2.05, 4.69) is 22.8 Å². The van der Waals surface area contributed by atoms with Crippen molar-refractivity contribution in [2.75, 3.05) is 11.5 Å². The molecule has 1 aromatic rings. The third kappa shape index (κ3) is 3.47. The van der Waals surface area contributed by atoms with Gasteiger partial charge in [-0.1, -0.05) is 18.9 Å². The highest BCUT2D eigenvalue weighted by Crippen LogP contribution is 2.38. The Labute approximate surface area is 122 Å². The molecule has 2 nitrogen and oxygen atoms in total. The molecule has 1 N–H and O–H groups in total. The summed E-state index contributed by atoms with van der Waals surface area (Å²) < 4.78 is 11.5. The second-order valence-electron chi connectivity index (χ2n) is 5.83. The molecule has 4 heteroatoms. The molecule has 0 spiro atoms. The zero-order valence-electron chi connectivity index (χ0n) is 11.3. The highest BCUT2D eigenvalue weighted by atomic mass is 32.2. The fraction of sp³-hybridized carbons (Fsp3) is 0.733. The topological polar surface area (TPSA) is 29.1 Å². The van der Waals surface area contributed by atoms with E-state index >= 15 is 0 Å². The van der Waals surface area contributed by atoms with Crippen molar-refractivity contribution in [3.05, 3.63) is 22.4 Å². The van der Waals surface area contributed by atoms with Crippen molar-refractivity contribution in [3.63, 3.8) is 0 Å². The fourth-order valence-corrected chi connectivity index (χ4v) is 5.60. The lowest BCUT2D eigenvalue weighted by molar-refractivity contribution is 0.320. The van der Waals surface area contributed by atoms with E-state index < -0.39 is 10.8 Å². The van der Waals surface area contributed by atoms with Gasteiger partial charge in [-0.05, 0) is 43.0 Å². The SMILES string of the molecule is O=S1CCC(NC(c2cccs2)C2CCCC2)CC1. The van der Waals surface area contributed by atoms with Crippen LogP contribution in [0.25, 0.3) is 0 Å². The van der Waals surface area contributed by atoms with Crippen LogP contribution in [0.4, 0.5) is 0 Å². The second-order valence-corrected chi connectivity index (χ2v) is 8.50. The van der Waals surface area contributed by atoms with Crippen molar-refractivity contribution in [2.24, 2.45) is 5.92 Å². The lowest BCUT2D eigenvalue weighted by Gasteiger charge is -2.31. The molecule has 1 saturated carbocycles. The molecule has 1 unspecified atom stereocenters. The summed E-state index contributed by atoms with van der Waals surface area (Å²) in [6, 6.07) is 5.56. The van der Waals surface area contributed by atoms with Gasteiger partial charge in [0, 0.05) is 39.3 Å². The van der Waals surface area contributed by atoms with Gasteiger partial charge in [-0.3, -0.25) is 4.21 Å². The Morgan fingerprint density at radius 3 is 2.58 bits per heavy atom. The molecule has 0 bridgehead atoms. The van der Waals surface area contributed by atoms with Gasteiger partial charge in [0.05, 0.1) is 0 Å². The van der Waals surface area contributed by atoms with Crippen LogP contribution in [0, 0.1) is 5.92 Å². The molecular weight excluding hydrogens is 274 g/mol. The molecule has 1 aliphatic carbocycles. The summed E-state index contributed by atoms with van der Waals surface area (Å²) in [5, 5.41) is 6.09. The quantitative estimate of drug-likeness (QED) is 0.922. The Morgan fingerprint density at radius 1 is 1.21 bits per heavy atom. The summed E-state index contributed by atoms with van der Waals surface area (Å²) in [6.07, 6.45) is 7.69. The van der Waals surface area contributed by atoms with Crippen LogP contribution in [0.15, 0.2) is 17.5 Å². The normalized spacial score (nSPS) is 30.5. The molecule has 0 aromatic carbocycles. The number of rotatable bonds is 4. The van der Waals surface area contributed by atoms with E-state index in [0.29, 0.717) is 12.1 Å². The summed E-state index contributed by atoms with van der Waals surface area (Å²) in [6.45, 7) is 0. The van der Waals surface area contributed by atoms with Crippen LogP contribution < -0.4 is 5.32 Å². The summed E-state index contributed by atoms with van der Waals surface area (Å²) in [7, 11) is -0.552. The van der Waals surface area contributed by atoms with E-state index in [4.69, 9.17) is 0 Å². The van der Waals surface area contributed by atoms with Crippen LogP contribution in [-0.4, -0.2) is 21.8 Å². The first-order valence-electron chi connectivity index (χ1n) is 7.47. The fourth-order valence-electron chi connectivity index (χ4n) is 3.42. The van der Waals surface area contributed by atoms with Gasteiger partial charge >= 0.3 is 0 Å². The average Bonchev–Trinajstić information content (AvgIpc) is 3.11. The molecule has 3 rings (SSSR count). The van der Waals surface area contributed by atoms with Crippen molar-refractivity contribution in [1.29, 1.82) is 0 Å². The monoisotopic (exact) mass is 297 g/mol. The minimum Gasteiger partial charge on any atom is -0.306 e. The van der Waals surface area contributed by atoms with Crippen molar-refractivity contribution in [3.8, 4) is 0 Å². The number of thiophene rings is 1. The molecule has 1 aliphatic heterocycles. The summed E-state index contributed by atoms with van der Waals surface area (Å²) in [5.41, 5.74) is 0. The lowest BCUT2D eigenvalue weighted by atomic mass is 9.95. The van der Waals surface area contributed by atoms with Crippen molar-refractivity contribution in [1.82, 2.24) is 5.32 Å². The maximum absolute atomic E-state index is 11.5. The Kier molecular flexibility index (Phi) is 4.72. The minimum atomic E-state index is -0.552. The minimum absolute atomic E-state index is 0.541. The number of nitrogens with one attached hydrogen (secondary N) is 1. The summed E-state index contributed by atoms with van der Waals surface area (Å²) >= 11 is 1.88. The van der Waals surface area contributed by atoms with Gasteiger partial charge in [0.2, 0.25) is 0 Å². The second kappa shape index (κ2) is 6.51. The third-order valence-electron chi connectivity index (χ3n) is 4.52. The maximum Gasteiger partial charge on any atom is 0.0445 e. The predicted octanol–water partition coefficient (Wildman–Crippen LogP) is 3.48. The molecule has 1 atom stereocenters. The zero-order chi connectivity index (χ0) is 13.1. The Bertz CT molecular complexity index is 402. The number of hydrogen-bond acceptors (Lipinski definition) is 3. The van der Waals surface area contributed by atoms with Crippen LogP contribution in [0.2, 0.25) is 0 Å². The molecule has 0 radical (unpaired) electrons. The summed E-state index contributed by atoms with van der Waals surface area (Å²) in [4.78, 5) is 1.50. The molecule has 0 amide bonds. The van der Waals surface area contributed by atoms with Gasteiger partial charge in [0.1, 0.15) is 0 Å². The van der Waals surface area contributed by atoms with Gasteiger partial charge in [0.25, 0.3) is 0 Å². The van der Waals surface area contributed by atoms with E-state index in [1.165, 1.54) is 30.6 Å². The van der Waals surface area contributed by atoms with Crippen LogP contribution in [0.3, 0.4) is 0 Å². The van der Waals surface area contributed by atoms with Crippen molar-refractivity contribution < 1.29 is 4.21 Å². The first-order valence-corrected chi connectivity index (χ1v) is 9.84. The first kappa shape index (κ1) is 13.8. The van der Waals surface area contributed by atoms with Gasteiger partial charge in [0.15, 0.2) is 0 Å². The largest absolute Gasteiger partial charge is 0.306 e. The van der Waals surface area contributed by atoms with Crippen LogP contribution >= 0.6 is 11.3 Å². The van der Waals surface area contributed by atoms with E-state index in [1.807, 2.05) is 11.3 Å². The van der Waals surface area contributed by atoms with Crippen molar-refractivity contribution in [2.45, 2.75) is 50.6 Å². The van der Waals surface area contributed by atoms with Gasteiger partial charge < -0.3 is 5.32 Å². The summed E-state index contributed by atoms with van der Waals surface area (Å²) in [5.74, 6) is 2.59. The predicted molar refractivity (Wildman–Crippen MR) is 83.1 cm³/mol. The van der Waals surface area contributed by atoms with Crippen LogP contribution in [-0.2, 0) is 10.8 Å². The Balaban J connectivity index is 1.67. The zero-order valence-corrected chi connectivity index (χ0v) is 13.0. The maximum atomic E-state index is 11.5. The van der Waals surface area contributed by atoms with Crippen molar-refractivity contribution >= 4 is 22.1 Å². The molecule has 2 fully saturated rings. The van der Waals surface area contributed by atoms with Crippen LogP contribution in [0.1, 0.15) is 49.4 Å². The molecule has 1 saturated heterocycles. The van der Waals surface area contributed by atoms with E-state index in [0.717, 1.165) is 30.3 Å². The van der Waals surface area contributed by atoms with Gasteiger partial charge in [-0.25, -0.2) is 0 Å². The van der Waals surface area contributed by atoms with Crippen LogP contribution in [0.5, 0.6) is 0 Å². The smallest absolute Gasteiger partial charge is 0.0445 e. The van der Waals surface area contributed by atoms with E-state index in [1.54, 1.807) is 0 Å². The average molecular weight is 297 g/mol. The molecular formula is C15H23NOS2.